The van der Waals surface area contributed by atoms with E-state index in [1.807, 2.05) is 13.8 Å². The summed E-state index contributed by atoms with van der Waals surface area (Å²) < 4.78 is 44.6. The van der Waals surface area contributed by atoms with Gasteiger partial charge in [-0.05, 0) is 180 Å². The predicted molar refractivity (Wildman–Crippen MR) is 385 cm³/mol. The molecule has 0 radical (unpaired) electrons. The maximum Gasteiger partial charge on any atom is 0.229 e. The molecule has 0 spiro atoms. The molecule has 3 unspecified atom stereocenters. The van der Waals surface area contributed by atoms with Gasteiger partial charge in [0.2, 0.25) is 47.3 Å². The molecule has 0 bridgehead atoms. The Morgan fingerprint density at radius 1 is 0.515 bits per heavy atom. The first-order valence-corrected chi connectivity index (χ1v) is 38.0. The molecule has 4 aromatic rings. The van der Waals surface area contributed by atoms with Crippen molar-refractivity contribution >= 4 is 69.8 Å². The molecule has 25 heteroatoms. The molecule has 6 N–H and O–H groups in total. The maximum absolute atomic E-state index is 14.3. The molecule has 5 atom stereocenters. The smallest absolute Gasteiger partial charge is 0.229 e. The highest BCUT2D eigenvalue weighted by molar-refractivity contribution is 14.1. The van der Waals surface area contributed by atoms with Crippen molar-refractivity contribution in [2.24, 2.45) is 29.6 Å². The highest BCUT2D eigenvalue weighted by Crippen LogP contribution is 2.36. The SMILES string of the molecule is C#CCCCCCC1CCC(=O)NC1=O.C#CCCCCCI.CC[C@@](O)(Cn1nncc1CCCCCC1CCC(=O)NC1=O)c1ccc(F)c(OCC2CC2)c1.CC[C@@](O)(Cn1nncc1CCCCCC1CCC(=O)NC1=O)c1ccc(F)c(OCC2CC2)c1.O=C1CCCC(=O)N1. The summed E-state index contributed by atoms with van der Waals surface area (Å²) in [6.07, 6.45) is 42.1. The van der Waals surface area contributed by atoms with Crippen molar-refractivity contribution in [3.05, 3.63) is 82.9 Å². The van der Waals surface area contributed by atoms with Gasteiger partial charge in [0.15, 0.2) is 23.1 Å². The van der Waals surface area contributed by atoms with E-state index >= 15 is 0 Å². The quantitative estimate of drug-likeness (QED) is 0.00820. The van der Waals surface area contributed by atoms with Crippen LogP contribution in [0.1, 0.15) is 242 Å². The number of rotatable bonds is 35. The molecule has 10 rings (SSSR count). The zero-order chi connectivity index (χ0) is 73.0. The number of nitrogens with one attached hydrogen (secondary N) is 4. The number of carbonyl (C=O) groups excluding carboxylic acids is 8. The number of unbranched alkanes of at least 4 members (excludes halogenated alkanes) is 10. The van der Waals surface area contributed by atoms with Gasteiger partial charge in [-0.2, -0.15) is 0 Å². The van der Waals surface area contributed by atoms with Crippen molar-refractivity contribution < 1.29 is 66.8 Å². The molecule has 552 valence electrons. The summed E-state index contributed by atoms with van der Waals surface area (Å²) in [5.41, 5.74) is 0.561. The summed E-state index contributed by atoms with van der Waals surface area (Å²) >= 11 is 2.39. The summed E-state index contributed by atoms with van der Waals surface area (Å²) in [5.74, 6) is 4.46. The molecule has 8 amide bonds. The van der Waals surface area contributed by atoms with Crippen molar-refractivity contribution in [2.75, 3.05) is 17.6 Å². The number of amides is 8. The summed E-state index contributed by atoms with van der Waals surface area (Å²) in [6.45, 7) is 5.20. The average molecular weight is 1520 g/mol. The van der Waals surface area contributed by atoms with E-state index in [9.17, 15) is 57.4 Å². The summed E-state index contributed by atoms with van der Waals surface area (Å²) in [4.78, 5) is 89.2. The maximum atomic E-state index is 14.3. The van der Waals surface area contributed by atoms with Crippen LogP contribution in [0.25, 0.3) is 0 Å². The molecule has 2 aliphatic carbocycles. The molecule has 6 fully saturated rings. The molecule has 6 heterocycles. The van der Waals surface area contributed by atoms with E-state index in [4.69, 9.17) is 22.3 Å². The number of imide groups is 4. The zero-order valence-corrected chi connectivity index (χ0v) is 61.2. The lowest BCUT2D eigenvalue weighted by Crippen LogP contribution is -2.40. The zero-order valence-electron chi connectivity index (χ0n) is 59.0. The van der Waals surface area contributed by atoms with Gasteiger partial charge in [0.25, 0.3) is 0 Å². The van der Waals surface area contributed by atoms with E-state index in [-0.39, 0.29) is 89.6 Å². The number of hydrogen-bond donors (Lipinski definition) is 6. The first-order valence-electron chi connectivity index (χ1n) is 36.5. The normalized spacial score (nSPS) is 19.2. The summed E-state index contributed by atoms with van der Waals surface area (Å²) in [5, 5.41) is 48.8. The fraction of sp³-hybridized carbons (Fsp3) is 0.632. The number of halogens is 3. The van der Waals surface area contributed by atoms with Crippen LogP contribution >= 0.6 is 22.6 Å². The fourth-order valence-corrected chi connectivity index (χ4v) is 12.6. The Balaban J connectivity index is 0.000000225. The first-order chi connectivity index (χ1) is 48.7. The Labute approximate surface area is 607 Å². The number of aliphatic hydroxyl groups is 2. The first kappa shape index (κ1) is 82.5. The third kappa shape index (κ3) is 29.8. The van der Waals surface area contributed by atoms with Crippen LogP contribution in [0.15, 0.2) is 48.8 Å². The average Bonchev–Trinajstić information content (AvgIpc) is 1.70. The molecule has 4 aliphatic heterocycles. The highest BCUT2D eigenvalue weighted by Gasteiger charge is 2.34. The van der Waals surface area contributed by atoms with Crippen molar-refractivity contribution in [1.82, 2.24) is 51.3 Å². The van der Waals surface area contributed by atoms with Gasteiger partial charge in [-0.25, -0.2) is 18.1 Å². The number of aromatic nitrogens is 6. The number of hydrogen-bond acceptors (Lipinski definition) is 16. The van der Waals surface area contributed by atoms with Gasteiger partial charge >= 0.3 is 0 Å². The van der Waals surface area contributed by atoms with Crippen LogP contribution in [0, 0.1) is 65.9 Å². The Hall–Kier alpha value is -7.49. The second-order valence-electron chi connectivity index (χ2n) is 27.3. The van der Waals surface area contributed by atoms with Crippen LogP contribution < -0.4 is 30.7 Å². The van der Waals surface area contributed by atoms with Crippen LogP contribution in [-0.4, -0.2) is 105 Å². The Kier molecular flexibility index (Phi) is 36.0. The molecule has 2 saturated carbocycles. The number of aryl methyl sites for hydroxylation is 2. The number of carbonyl (C=O) groups is 8. The topological polar surface area (TPSA) is 305 Å². The fourth-order valence-electron chi connectivity index (χ4n) is 12.1. The number of nitrogens with zero attached hydrogens (tertiary/aromatic N) is 6. The van der Waals surface area contributed by atoms with Crippen LogP contribution in [0.5, 0.6) is 11.5 Å². The number of alkyl halides is 1. The summed E-state index contributed by atoms with van der Waals surface area (Å²) in [7, 11) is 0. The minimum Gasteiger partial charge on any atom is -0.490 e. The predicted octanol–water partition coefficient (Wildman–Crippen LogP) is 11.4. The Morgan fingerprint density at radius 2 is 0.881 bits per heavy atom. The van der Waals surface area contributed by atoms with E-state index in [0.717, 1.165) is 140 Å². The largest absolute Gasteiger partial charge is 0.490 e. The number of ether oxygens (including phenoxy) is 2. The third-order valence-corrected chi connectivity index (χ3v) is 19.9. The second-order valence-corrected chi connectivity index (χ2v) is 28.4. The van der Waals surface area contributed by atoms with E-state index < -0.39 is 22.8 Å². The molecular weight excluding hydrogens is 1410 g/mol. The molecule has 2 aromatic carbocycles. The molecule has 4 saturated heterocycles. The van der Waals surface area contributed by atoms with Crippen molar-refractivity contribution in [2.45, 2.75) is 256 Å². The van der Waals surface area contributed by atoms with Gasteiger partial charge in [-0.1, -0.05) is 104 Å². The molecule has 2 aromatic heterocycles. The van der Waals surface area contributed by atoms with Gasteiger partial charge in [0.05, 0.1) is 50.1 Å². The van der Waals surface area contributed by atoms with Crippen LogP contribution in [0.3, 0.4) is 0 Å². The summed E-state index contributed by atoms with van der Waals surface area (Å²) in [6, 6.07) is 9.12. The minimum absolute atomic E-state index is 0.0357. The third-order valence-electron chi connectivity index (χ3n) is 19.1. The minimum atomic E-state index is -1.24. The van der Waals surface area contributed by atoms with Gasteiger partial charge in [0, 0.05) is 62.7 Å². The van der Waals surface area contributed by atoms with Crippen molar-refractivity contribution in [1.29, 1.82) is 0 Å². The monoisotopic (exact) mass is 1510 g/mol. The van der Waals surface area contributed by atoms with Crippen molar-refractivity contribution in [3.8, 4) is 36.2 Å². The molecule has 22 nitrogen and oxygen atoms in total. The van der Waals surface area contributed by atoms with Gasteiger partial charge in [0.1, 0.15) is 11.2 Å². The molecule has 101 heavy (non-hydrogen) atoms. The lowest BCUT2D eigenvalue weighted by Gasteiger charge is -2.28. The molecular formula is C76H105F2IN10O12. The Morgan fingerprint density at radius 3 is 1.21 bits per heavy atom. The van der Waals surface area contributed by atoms with Crippen LogP contribution in [0.2, 0.25) is 0 Å². The van der Waals surface area contributed by atoms with Crippen molar-refractivity contribution in [3.63, 3.8) is 0 Å². The van der Waals surface area contributed by atoms with Gasteiger partial charge < -0.3 is 19.7 Å². The lowest BCUT2D eigenvalue weighted by atomic mass is 9.90. The number of terminal acetylenes is 2. The number of benzene rings is 2. The van der Waals surface area contributed by atoms with Gasteiger partial charge in [-0.15, -0.1) is 34.9 Å². The van der Waals surface area contributed by atoms with E-state index in [2.05, 4.69) is 76.3 Å². The van der Waals surface area contributed by atoms with E-state index in [1.54, 1.807) is 46.0 Å². The second kappa shape index (κ2) is 44.1. The van der Waals surface area contributed by atoms with E-state index in [0.29, 0.717) is 107 Å². The highest BCUT2D eigenvalue weighted by atomic mass is 127. The van der Waals surface area contributed by atoms with Crippen LogP contribution in [-0.2, 0) is 75.5 Å². The Bertz CT molecular complexity index is 3240. The van der Waals surface area contributed by atoms with E-state index in [1.165, 1.54) is 35.8 Å². The van der Waals surface area contributed by atoms with Gasteiger partial charge in [-0.3, -0.25) is 59.6 Å². The standard InChI is InChI=1S/2C26H35FN4O4.C12H17NO2.C7H11I.C5H7NO2/c2*1-2-26(34,20-11-12-22(27)23(14-20)35-16-18-8-9-18)17-31-21(15-28-30-31)7-5-3-4-6-19-10-13-24(32)29-25(19)33;1-2-3-4-5-6-7-10-8-9-11(14)13-12(10)15;1-2-3-4-5-6-7-8;7-4-2-1-3-5(8)6-4/h2*11-12,14-15,18-19,34H,2-10,13,16-17H2,1H3,(H,29,32,33);1,10H,3-9H2,(H,13,14,15);1H,3-7H2;1-3H2,(H,6,7,8)/t2*19?,26-;;;/m11.../s1. The molecule has 6 aliphatic rings. The van der Waals surface area contributed by atoms with Crippen LogP contribution in [0.4, 0.5) is 8.78 Å². The number of piperidine rings is 4. The lowest BCUT2D eigenvalue weighted by molar-refractivity contribution is -0.138.